The molecule has 0 radical (unpaired) electrons. The van der Waals surface area contributed by atoms with Gasteiger partial charge < -0.3 is 15.8 Å². The molecule has 0 unspecified atom stereocenters. The first-order valence-corrected chi connectivity index (χ1v) is 13.5. The Morgan fingerprint density at radius 1 is 1.05 bits per heavy atom. The lowest BCUT2D eigenvalue weighted by molar-refractivity contribution is 0.0523. The molecule has 0 aliphatic rings. The number of carbonyl (C=O) groups is 2. The minimum Gasteiger partial charge on any atom is -0.444 e. The highest BCUT2D eigenvalue weighted by Gasteiger charge is 2.21. The third-order valence-electron chi connectivity index (χ3n) is 5.93. The van der Waals surface area contributed by atoms with Crippen molar-refractivity contribution < 1.29 is 14.3 Å². The molecule has 0 aliphatic carbocycles. The van der Waals surface area contributed by atoms with E-state index in [0.717, 1.165) is 50.8 Å². The summed E-state index contributed by atoms with van der Waals surface area (Å²) >= 11 is 1.37. The number of nitrogens with two attached hydrogens (primary N) is 1. The van der Waals surface area contributed by atoms with E-state index in [1.807, 2.05) is 32.9 Å². The van der Waals surface area contributed by atoms with E-state index >= 15 is 0 Å². The second-order valence-corrected chi connectivity index (χ2v) is 11.7. The van der Waals surface area contributed by atoms with E-state index in [2.05, 4.69) is 61.4 Å². The number of hydrogen-bond donors (Lipinski definition) is 2. The molecule has 198 valence electrons. The Bertz CT molecular complexity index is 1480. The maximum Gasteiger partial charge on any atom is 0.407 e. The van der Waals surface area contributed by atoms with Crippen LogP contribution in [0.4, 0.5) is 4.79 Å². The summed E-state index contributed by atoms with van der Waals surface area (Å²) in [5.41, 5.74) is 11.9. The molecule has 3 N–H and O–H groups in total. The number of aryl methyl sites for hydroxylation is 1. The topological polar surface area (TPSA) is 107 Å². The number of rotatable bonds is 7. The molecular weight excluding hydrogens is 496 g/mol. The van der Waals surface area contributed by atoms with Gasteiger partial charge in [0.2, 0.25) is 0 Å². The Labute approximate surface area is 227 Å². The zero-order valence-corrected chi connectivity index (χ0v) is 23.5. The molecule has 0 saturated heterocycles. The Kier molecular flexibility index (Phi) is 7.83. The molecule has 0 bridgehead atoms. The van der Waals surface area contributed by atoms with Crippen LogP contribution in [0, 0.1) is 12.8 Å². The Balaban J connectivity index is 1.92. The van der Waals surface area contributed by atoms with Gasteiger partial charge in [0.05, 0.1) is 5.52 Å². The molecule has 0 atom stereocenters. The maximum atomic E-state index is 12.6. The molecule has 4 aromatic rings. The third kappa shape index (κ3) is 6.37. The van der Waals surface area contributed by atoms with Gasteiger partial charge in [0.15, 0.2) is 0 Å². The predicted octanol–water partition coefficient (Wildman–Crippen LogP) is 6.66. The minimum atomic E-state index is -0.599. The van der Waals surface area contributed by atoms with Gasteiger partial charge in [-0.05, 0) is 69.4 Å². The van der Waals surface area contributed by atoms with E-state index in [1.54, 1.807) is 5.38 Å². The van der Waals surface area contributed by atoms with E-state index in [1.165, 1.54) is 11.3 Å². The summed E-state index contributed by atoms with van der Waals surface area (Å²) < 4.78 is 5.51. The van der Waals surface area contributed by atoms with Crippen LogP contribution in [0.1, 0.15) is 61.9 Å². The number of aromatic nitrogens is 2. The molecule has 0 saturated carbocycles. The fourth-order valence-corrected chi connectivity index (χ4v) is 5.08. The summed E-state index contributed by atoms with van der Waals surface area (Å²) in [6.07, 6.45) is 0.287. The third-order valence-corrected chi connectivity index (χ3v) is 6.82. The summed E-state index contributed by atoms with van der Waals surface area (Å²) in [7, 11) is 0. The van der Waals surface area contributed by atoms with Crippen LogP contribution in [0.25, 0.3) is 32.6 Å². The van der Waals surface area contributed by atoms with Crippen molar-refractivity contribution in [3.63, 3.8) is 0 Å². The lowest BCUT2D eigenvalue weighted by Crippen LogP contribution is -2.32. The van der Waals surface area contributed by atoms with Crippen molar-refractivity contribution in [2.75, 3.05) is 0 Å². The van der Waals surface area contributed by atoms with Gasteiger partial charge in [0.1, 0.15) is 16.3 Å². The number of ether oxygens (including phenoxy) is 1. The van der Waals surface area contributed by atoms with Crippen molar-refractivity contribution in [3.8, 4) is 21.7 Å². The number of alkyl carbamates (subject to hydrolysis) is 1. The average molecular weight is 531 g/mol. The highest BCUT2D eigenvalue weighted by molar-refractivity contribution is 7.13. The van der Waals surface area contributed by atoms with Gasteiger partial charge in [0, 0.05) is 34.1 Å². The van der Waals surface area contributed by atoms with Crippen LogP contribution in [0.3, 0.4) is 0 Å². The quantitative estimate of drug-likeness (QED) is 0.278. The highest BCUT2D eigenvalue weighted by Crippen LogP contribution is 2.37. The molecule has 0 spiro atoms. The number of pyridine rings is 1. The van der Waals surface area contributed by atoms with Crippen molar-refractivity contribution >= 4 is 34.2 Å². The van der Waals surface area contributed by atoms with Crippen LogP contribution in [0.15, 0.2) is 47.8 Å². The first-order chi connectivity index (χ1) is 17.9. The molecule has 0 aliphatic heterocycles. The number of hydrogen-bond acceptors (Lipinski definition) is 6. The number of amides is 2. The van der Waals surface area contributed by atoms with Gasteiger partial charge in [0.25, 0.3) is 5.91 Å². The van der Waals surface area contributed by atoms with E-state index in [-0.39, 0.29) is 12.2 Å². The minimum absolute atomic E-state index is 0.247. The summed E-state index contributed by atoms with van der Waals surface area (Å²) in [6, 6.07) is 14.4. The number of nitrogens with zero attached hydrogens (tertiary/aromatic N) is 2. The Morgan fingerprint density at radius 3 is 2.34 bits per heavy atom. The molecule has 4 rings (SSSR count). The monoisotopic (exact) mass is 530 g/mol. The van der Waals surface area contributed by atoms with Crippen molar-refractivity contribution in [1.82, 2.24) is 15.3 Å². The largest absolute Gasteiger partial charge is 0.444 e. The molecule has 2 aromatic heterocycles. The Hall–Kier alpha value is -3.78. The number of nitrogens with one attached hydrogen (secondary N) is 1. The first kappa shape index (κ1) is 27.3. The van der Waals surface area contributed by atoms with E-state index < -0.39 is 17.6 Å². The van der Waals surface area contributed by atoms with E-state index in [0.29, 0.717) is 10.9 Å². The normalized spacial score (nSPS) is 11.7. The second kappa shape index (κ2) is 10.9. The van der Waals surface area contributed by atoms with Crippen LogP contribution in [-0.4, -0.2) is 27.6 Å². The first-order valence-electron chi connectivity index (χ1n) is 12.7. The van der Waals surface area contributed by atoms with Crippen molar-refractivity contribution in [3.05, 3.63) is 70.4 Å². The molecule has 7 nitrogen and oxygen atoms in total. The van der Waals surface area contributed by atoms with Gasteiger partial charge in [-0.25, -0.2) is 9.78 Å². The van der Waals surface area contributed by atoms with Crippen molar-refractivity contribution in [1.29, 1.82) is 0 Å². The standard InChI is InChI=1S/C30H34N4O3S/c1-17(2)13-24-22(15-32-29(36)37-30(4,5)6)26(19-9-7-18(3)8-10-19)21-14-20(11-12-23(21)33-24)28-34-25(16-38-28)27(31)35/h7-12,14,16-17H,13,15H2,1-6H3,(H2,31,35)(H,32,36). The fraction of sp³-hybridized carbons (Fsp3) is 0.333. The fourth-order valence-electron chi connectivity index (χ4n) is 4.28. The summed E-state index contributed by atoms with van der Waals surface area (Å²) in [6.45, 7) is 12.2. The van der Waals surface area contributed by atoms with E-state index in [4.69, 9.17) is 15.5 Å². The number of benzene rings is 2. The SMILES string of the molecule is Cc1ccc(-c2c(CNC(=O)OC(C)(C)C)c(CC(C)C)nc3ccc(-c4nc(C(N)=O)cs4)cc23)cc1. The number of carbonyl (C=O) groups excluding carboxylic acids is 2. The molecule has 38 heavy (non-hydrogen) atoms. The molecule has 2 amide bonds. The van der Waals surface area contributed by atoms with Crippen LogP contribution < -0.4 is 11.1 Å². The number of primary amides is 1. The van der Waals surface area contributed by atoms with Gasteiger partial charge in [-0.1, -0.05) is 43.7 Å². The van der Waals surface area contributed by atoms with Crippen LogP contribution >= 0.6 is 11.3 Å². The number of thiazole rings is 1. The van der Waals surface area contributed by atoms with Gasteiger partial charge in [-0.15, -0.1) is 11.3 Å². The summed E-state index contributed by atoms with van der Waals surface area (Å²) in [5, 5.41) is 6.27. The zero-order chi connectivity index (χ0) is 27.6. The number of fused-ring (bicyclic) bond motifs is 1. The van der Waals surface area contributed by atoms with Crippen LogP contribution in [0.5, 0.6) is 0 Å². The van der Waals surface area contributed by atoms with Gasteiger partial charge in [-0.2, -0.15) is 0 Å². The van der Waals surface area contributed by atoms with E-state index in [9.17, 15) is 9.59 Å². The smallest absolute Gasteiger partial charge is 0.407 e. The lowest BCUT2D eigenvalue weighted by Gasteiger charge is -2.22. The molecule has 2 heterocycles. The second-order valence-electron chi connectivity index (χ2n) is 10.9. The van der Waals surface area contributed by atoms with Gasteiger partial charge >= 0.3 is 6.09 Å². The summed E-state index contributed by atoms with van der Waals surface area (Å²) in [4.78, 5) is 33.7. The average Bonchev–Trinajstić information content (AvgIpc) is 3.32. The molecule has 8 heteroatoms. The highest BCUT2D eigenvalue weighted by atomic mass is 32.1. The molecule has 0 fully saturated rings. The van der Waals surface area contributed by atoms with Crippen molar-refractivity contribution in [2.45, 2.75) is 60.1 Å². The van der Waals surface area contributed by atoms with Crippen LogP contribution in [-0.2, 0) is 17.7 Å². The van der Waals surface area contributed by atoms with Crippen molar-refractivity contribution in [2.24, 2.45) is 11.7 Å². The van der Waals surface area contributed by atoms with Gasteiger partial charge in [-0.3, -0.25) is 9.78 Å². The van der Waals surface area contributed by atoms with Crippen LogP contribution in [0.2, 0.25) is 0 Å². The predicted molar refractivity (Wildman–Crippen MR) is 153 cm³/mol. The Morgan fingerprint density at radius 2 is 1.74 bits per heavy atom. The summed E-state index contributed by atoms with van der Waals surface area (Å²) in [5.74, 6) is -0.183. The molecular formula is C30H34N4O3S. The lowest BCUT2D eigenvalue weighted by atomic mass is 9.90. The maximum absolute atomic E-state index is 12.6. The zero-order valence-electron chi connectivity index (χ0n) is 22.7. The molecule has 2 aromatic carbocycles.